The summed E-state index contributed by atoms with van der Waals surface area (Å²) in [5.41, 5.74) is 0.761. The van der Waals surface area contributed by atoms with Crippen molar-refractivity contribution in [2.45, 2.75) is 49.3 Å². The van der Waals surface area contributed by atoms with E-state index in [-0.39, 0.29) is 24.7 Å². The number of aliphatic hydroxyl groups excluding tert-OH is 1. The molecule has 0 aliphatic rings. The van der Waals surface area contributed by atoms with Gasteiger partial charge >= 0.3 is 5.97 Å². The van der Waals surface area contributed by atoms with Crippen molar-refractivity contribution in [1.29, 1.82) is 0 Å². The Morgan fingerprint density at radius 1 is 1.07 bits per heavy atom. The standard InChI is InChI=1S/C23H27NO5S/c1-3-4-5-9-22(24-29-17(2)26)23(27)18-7-6-8-21(16-18)30-20-12-10-19(11-13-20)28-15-14-25/h6-8,10-13,16,25H,3-5,9,14-15H2,1-2H3/b24-22+. The van der Waals surface area contributed by atoms with Gasteiger partial charge in [0.05, 0.1) is 6.61 Å². The molecule has 6 nitrogen and oxygen atoms in total. The van der Waals surface area contributed by atoms with Gasteiger partial charge in [0, 0.05) is 22.3 Å². The maximum atomic E-state index is 12.9. The summed E-state index contributed by atoms with van der Waals surface area (Å²) in [5.74, 6) is -0.0928. The van der Waals surface area contributed by atoms with Gasteiger partial charge in [0.2, 0.25) is 5.78 Å². The summed E-state index contributed by atoms with van der Waals surface area (Å²) in [7, 11) is 0. The Labute approximate surface area is 181 Å². The normalized spacial score (nSPS) is 11.2. The lowest BCUT2D eigenvalue weighted by molar-refractivity contribution is -0.140. The van der Waals surface area contributed by atoms with Gasteiger partial charge in [0.25, 0.3) is 0 Å². The number of Topliss-reactive ketones (excluding diaryl/α,β-unsaturated/α-hetero) is 1. The molecular weight excluding hydrogens is 402 g/mol. The van der Waals surface area contributed by atoms with Crippen LogP contribution in [0.25, 0.3) is 0 Å². The van der Waals surface area contributed by atoms with Crippen LogP contribution in [0.4, 0.5) is 0 Å². The maximum absolute atomic E-state index is 12.9. The van der Waals surface area contributed by atoms with Crippen molar-refractivity contribution in [3.63, 3.8) is 0 Å². The number of carbonyl (C=O) groups is 2. The van der Waals surface area contributed by atoms with Crippen molar-refractivity contribution >= 4 is 29.2 Å². The van der Waals surface area contributed by atoms with Gasteiger partial charge in [0.1, 0.15) is 18.1 Å². The number of ether oxygens (including phenoxy) is 1. The maximum Gasteiger partial charge on any atom is 0.331 e. The number of benzene rings is 2. The fourth-order valence-electron chi connectivity index (χ4n) is 2.63. The second-order valence-corrected chi connectivity index (χ2v) is 7.73. The van der Waals surface area contributed by atoms with Crippen LogP contribution < -0.4 is 4.74 Å². The first kappa shape index (κ1) is 23.6. The molecule has 1 N–H and O–H groups in total. The molecule has 0 spiro atoms. The van der Waals surface area contributed by atoms with E-state index in [1.54, 1.807) is 6.07 Å². The molecule has 2 rings (SSSR count). The third-order valence-electron chi connectivity index (χ3n) is 4.08. The third kappa shape index (κ3) is 8.00. The van der Waals surface area contributed by atoms with Crippen molar-refractivity contribution in [3.8, 4) is 5.75 Å². The largest absolute Gasteiger partial charge is 0.491 e. The molecule has 0 bridgehead atoms. The van der Waals surface area contributed by atoms with Crippen LogP contribution in [-0.4, -0.2) is 35.8 Å². The molecule has 0 aliphatic heterocycles. The Balaban J connectivity index is 2.12. The number of unbranched alkanes of at least 4 members (excludes halogenated alkanes) is 2. The lowest BCUT2D eigenvalue weighted by Crippen LogP contribution is -2.16. The Kier molecular flexibility index (Phi) is 10.1. The summed E-state index contributed by atoms with van der Waals surface area (Å²) < 4.78 is 5.36. The number of rotatable bonds is 12. The first-order chi connectivity index (χ1) is 14.5. The molecule has 160 valence electrons. The molecule has 0 radical (unpaired) electrons. The van der Waals surface area contributed by atoms with Gasteiger partial charge in [-0.25, -0.2) is 4.79 Å². The molecular formula is C23H27NO5S. The molecule has 2 aromatic carbocycles. The summed E-state index contributed by atoms with van der Waals surface area (Å²) >= 11 is 1.52. The highest BCUT2D eigenvalue weighted by molar-refractivity contribution is 7.99. The van der Waals surface area contributed by atoms with Crippen LogP contribution in [0.5, 0.6) is 5.75 Å². The molecule has 0 heterocycles. The van der Waals surface area contributed by atoms with Gasteiger partial charge in [-0.1, -0.05) is 48.8 Å². The van der Waals surface area contributed by atoms with E-state index in [1.807, 2.05) is 42.5 Å². The van der Waals surface area contributed by atoms with Gasteiger partial charge in [-0.05, 0) is 49.2 Å². The van der Waals surface area contributed by atoms with E-state index in [4.69, 9.17) is 14.7 Å². The number of ketones is 1. The number of hydrogen-bond acceptors (Lipinski definition) is 7. The average Bonchev–Trinajstić information content (AvgIpc) is 2.75. The number of oxime groups is 1. The first-order valence-electron chi connectivity index (χ1n) is 9.94. The number of hydrogen-bond donors (Lipinski definition) is 1. The van der Waals surface area contributed by atoms with Crippen LogP contribution in [0.1, 0.15) is 49.9 Å². The number of nitrogens with zero attached hydrogens (tertiary/aromatic N) is 1. The van der Waals surface area contributed by atoms with E-state index in [0.717, 1.165) is 29.1 Å². The van der Waals surface area contributed by atoms with Crippen LogP contribution >= 0.6 is 11.8 Å². The fourth-order valence-corrected chi connectivity index (χ4v) is 3.51. The zero-order valence-corrected chi connectivity index (χ0v) is 18.1. The summed E-state index contributed by atoms with van der Waals surface area (Å²) in [5, 5.41) is 12.6. The SMILES string of the molecule is CCCCC/C(=N\OC(C)=O)C(=O)c1cccc(Sc2ccc(OCCO)cc2)c1. The predicted molar refractivity (Wildman–Crippen MR) is 117 cm³/mol. The van der Waals surface area contributed by atoms with E-state index >= 15 is 0 Å². The molecule has 2 aromatic rings. The zero-order chi connectivity index (χ0) is 21.8. The van der Waals surface area contributed by atoms with Crippen molar-refractivity contribution in [2.75, 3.05) is 13.2 Å². The van der Waals surface area contributed by atoms with Gasteiger partial charge in [-0.2, -0.15) is 0 Å². The van der Waals surface area contributed by atoms with Gasteiger partial charge in [-0.3, -0.25) is 4.79 Å². The third-order valence-corrected chi connectivity index (χ3v) is 5.08. The minimum atomic E-state index is -0.550. The molecule has 0 aliphatic carbocycles. The highest BCUT2D eigenvalue weighted by Gasteiger charge is 2.16. The van der Waals surface area contributed by atoms with E-state index in [0.29, 0.717) is 17.7 Å². The van der Waals surface area contributed by atoms with Gasteiger partial charge in [-0.15, -0.1) is 0 Å². The molecule has 7 heteroatoms. The Bertz CT molecular complexity index is 864. The van der Waals surface area contributed by atoms with E-state index in [1.165, 1.54) is 18.7 Å². The molecule has 0 amide bonds. The summed E-state index contributed by atoms with van der Waals surface area (Å²) in [6.45, 7) is 3.57. The average molecular weight is 430 g/mol. The monoisotopic (exact) mass is 429 g/mol. The van der Waals surface area contributed by atoms with Crippen LogP contribution in [0.15, 0.2) is 63.5 Å². The minimum Gasteiger partial charge on any atom is -0.491 e. The quantitative estimate of drug-likeness (QED) is 0.170. The number of carbonyl (C=O) groups excluding carboxylic acids is 2. The van der Waals surface area contributed by atoms with Gasteiger partial charge < -0.3 is 14.7 Å². The molecule has 0 atom stereocenters. The predicted octanol–water partition coefficient (Wildman–Crippen LogP) is 4.89. The molecule has 0 aromatic heterocycles. The summed E-state index contributed by atoms with van der Waals surface area (Å²) in [6, 6.07) is 14.8. The van der Waals surface area contributed by atoms with Crippen molar-refractivity contribution in [2.24, 2.45) is 5.16 Å². The van der Waals surface area contributed by atoms with Crippen molar-refractivity contribution in [3.05, 3.63) is 54.1 Å². The Morgan fingerprint density at radius 3 is 2.50 bits per heavy atom. The lowest BCUT2D eigenvalue weighted by atomic mass is 10.0. The first-order valence-corrected chi connectivity index (χ1v) is 10.8. The minimum absolute atomic E-state index is 0.0293. The van der Waals surface area contributed by atoms with Crippen LogP contribution in [-0.2, 0) is 9.63 Å². The molecule has 0 saturated heterocycles. The smallest absolute Gasteiger partial charge is 0.331 e. The van der Waals surface area contributed by atoms with Crippen molar-refractivity contribution in [1.82, 2.24) is 0 Å². The topological polar surface area (TPSA) is 85.2 Å². The van der Waals surface area contributed by atoms with Crippen LogP contribution in [0.3, 0.4) is 0 Å². The van der Waals surface area contributed by atoms with Gasteiger partial charge in [0.15, 0.2) is 0 Å². The Hall–Kier alpha value is -2.64. The molecule has 0 fully saturated rings. The lowest BCUT2D eigenvalue weighted by Gasteiger charge is -2.08. The van der Waals surface area contributed by atoms with E-state index < -0.39 is 5.97 Å². The van der Waals surface area contributed by atoms with Crippen LogP contribution in [0, 0.1) is 0 Å². The molecule has 0 saturated carbocycles. The zero-order valence-electron chi connectivity index (χ0n) is 17.3. The van der Waals surface area contributed by atoms with Crippen LogP contribution in [0.2, 0.25) is 0 Å². The molecule has 0 unspecified atom stereocenters. The highest BCUT2D eigenvalue weighted by Crippen LogP contribution is 2.29. The van der Waals surface area contributed by atoms with E-state index in [2.05, 4.69) is 12.1 Å². The van der Waals surface area contributed by atoms with Crippen molar-refractivity contribution < 1.29 is 24.3 Å². The second-order valence-electron chi connectivity index (χ2n) is 6.58. The summed E-state index contributed by atoms with van der Waals surface area (Å²) in [6.07, 6.45) is 3.26. The number of aliphatic hydroxyl groups is 1. The summed E-state index contributed by atoms with van der Waals surface area (Å²) in [4.78, 5) is 30.7. The Morgan fingerprint density at radius 2 is 1.83 bits per heavy atom. The van der Waals surface area contributed by atoms with E-state index in [9.17, 15) is 9.59 Å². The highest BCUT2D eigenvalue weighted by atomic mass is 32.2. The molecule has 30 heavy (non-hydrogen) atoms. The second kappa shape index (κ2) is 12.8. The fraction of sp³-hybridized carbons (Fsp3) is 0.348.